The number of ether oxygens (including phenoxy) is 3. The fraction of sp³-hybridized carbons (Fsp3) is 0.400. The zero-order valence-electron chi connectivity index (χ0n) is 15.1. The number of methoxy groups -OCH3 is 2. The Kier molecular flexibility index (Phi) is 7.57. The van der Waals surface area contributed by atoms with E-state index in [-0.39, 0.29) is 6.61 Å². The van der Waals surface area contributed by atoms with Crippen molar-refractivity contribution in [1.82, 2.24) is 5.32 Å². The van der Waals surface area contributed by atoms with Crippen molar-refractivity contribution in [2.75, 3.05) is 33.9 Å². The minimum absolute atomic E-state index is 0.263. The maximum absolute atomic E-state index is 10.0. The lowest BCUT2D eigenvalue weighted by atomic mass is 10.1. The first-order chi connectivity index (χ1) is 12.1. The van der Waals surface area contributed by atoms with Crippen molar-refractivity contribution >= 4 is 0 Å². The van der Waals surface area contributed by atoms with E-state index < -0.39 is 6.10 Å². The van der Waals surface area contributed by atoms with Crippen molar-refractivity contribution in [3.63, 3.8) is 0 Å². The quantitative estimate of drug-likeness (QED) is 0.648. The Hall–Kier alpha value is -2.24. The van der Waals surface area contributed by atoms with Gasteiger partial charge in [0.2, 0.25) is 0 Å². The lowest BCUT2D eigenvalue weighted by Gasteiger charge is -2.14. The minimum Gasteiger partial charge on any atom is -0.497 e. The average molecular weight is 345 g/mol. The molecule has 0 saturated carbocycles. The van der Waals surface area contributed by atoms with Crippen molar-refractivity contribution in [2.45, 2.75) is 19.4 Å². The van der Waals surface area contributed by atoms with Crippen LogP contribution in [0.1, 0.15) is 11.1 Å². The molecule has 0 heterocycles. The Labute approximate surface area is 149 Å². The summed E-state index contributed by atoms with van der Waals surface area (Å²) in [5, 5.41) is 13.3. The minimum atomic E-state index is -0.562. The first kappa shape index (κ1) is 19.1. The van der Waals surface area contributed by atoms with Gasteiger partial charge in [-0.05, 0) is 61.3 Å². The molecule has 0 saturated heterocycles. The van der Waals surface area contributed by atoms with Gasteiger partial charge >= 0.3 is 0 Å². The lowest BCUT2D eigenvalue weighted by Crippen LogP contribution is -2.32. The highest BCUT2D eigenvalue weighted by atomic mass is 16.5. The lowest BCUT2D eigenvalue weighted by molar-refractivity contribution is 0.106. The molecule has 0 aliphatic heterocycles. The fourth-order valence-corrected chi connectivity index (χ4v) is 2.53. The normalized spacial score (nSPS) is 11.8. The highest BCUT2D eigenvalue weighted by Gasteiger charge is 2.07. The molecule has 0 unspecified atom stereocenters. The van der Waals surface area contributed by atoms with Crippen LogP contribution in [0, 0.1) is 6.92 Å². The zero-order chi connectivity index (χ0) is 18.1. The van der Waals surface area contributed by atoms with E-state index in [0.717, 1.165) is 41.3 Å². The van der Waals surface area contributed by atoms with Gasteiger partial charge in [-0.15, -0.1) is 0 Å². The van der Waals surface area contributed by atoms with E-state index in [2.05, 4.69) is 5.32 Å². The Morgan fingerprint density at radius 2 is 1.88 bits per heavy atom. The monoisotopic (exact) mass is 345 g/mol. The van der Waals surface area contributed by atoms with E-state index in [1.54, 1.807) is 14.2 Å². The van der Waals surface area contributed by atoms with Crippen LogP contribution < -0.4 is 19.5 Å². The van der Waals surface area contributed by atoms with Crippen LogP contribution in [0.15, 0.2) is 42.5 Å². The second-order valence-electron chi connectivity index (χ2n) is 5.91. The summed E-state index contributed by atoms with van der Waals surface area (Å²) in [7, 11) is 3.31. The first-order valence-corrected chi connectivity index (χ1v) is 8.41. The molecule has 0 bridgehead atoms. The molecule has 0 fully saturated rings. The van der Waals surface area contributed by atoms with Gasteiger partial charge in [0.15, 0.2) is 0 Å². The number of aliphatic hydroxyl groups excluding tert-OH is 1. The summed E-state index contributed by atoms with van der Waals surface area (Å²) in [6.45, 7) is 3.47. The van der Waals surface area contributed by atoms with Crippen LogP contribution in [-0.4, -0.2) is 45.1 Å². The van der Waals surface area contributed by atoms with Crippen LogP contribution in [0.3, 0.4) is 0 Å². The highest BCUT2D eigenvalue weighted by Crippen LogP contribution is 2.24. The van der Waals surface area contributed by atoms with E-state index >= 15 is 0 Å². The number of hydrogen-bond donors (Lipinski definition) is 2. The summed E-state index contributed by atoms with van der Waals surface area (Å²) in [6, 6.07) is 13.5. The van der Waals surface area contributed by atoms with Crippen molar-refractivity contribution in [3.8, 4) is 17.2 Å². The third-order valence-corrected chi connectivity index (χ3v) is 3.87. The van der Waals surface area contributed by atoms with Crippen LogP contribution in [0.25, 0.3) is 0 Å². The molecule has 2 rings (SSSR count). The SMILES string of the molecule is COc1ccc(OC)c(CCNC[C@H](O)COc2cccc(C)c2)c1. The second-order valence-corrected chi connectivity index (χ2v) is 5.91. The molecular weight excluding hydrogens is 318 g/mol. The number of rotatable bonds is 10. The molecule has 5 heteroatoms. The van der Waals surface area contributed by atoms with E-state index in [4.69, 9.17) is 14.2 Å². The largest absolute Gasteiger partial charge is 0.497 e. The molecule has 25 heavy (non-hydrogen) atoms. The second kappa shape index (κ2) is 9.91. The smallest absolute Gasteiger partial charge is 0.122 e. The number of benzene rings is 2. The third kappa shape index (κ3) is 6.29. The molecule has 0 amide bonds. The van der Waals surface area contributed by atoms with Crippen molar-refractivity contribution in [2.24, 2.45) is 0 Å². The van der Waals surface area contributed by atoms with Gasteiger partial charge in [0.1, 0.15) is 30.0 Å². The summed E-state index contributed by atoms with van der Waals surface area (Å²) < 4.78 is 16.2. The van der Waals surface area contributed by atoms with Crippen molar-refractivity contribution in [1.29, 1.82) is 0 Å². The van der Waals surface area contributed by atoms with Gasteiger partial charge < -0.3 is 24.6 Å². The predicted molar refractivity (Wildman–Crippen MR) is 98.8 cm³/mol. The van der Waals surface area contributed by atoms with Gasteiger partial charge in [-0.3, -0.25) is 0 Å². The topological polar surface area (TPSA) is 60.0 Å². The molecule has 2 aromatic rings. The van der Waals surface area contributed by atoms with E-state index in [0.29, 0.717) is 6.54 Å². The first-order valence-electron chi connectivity index (χ1n) is 8.41. The summed E-state index contributed by atoms with van der Waals surface area (Å²) in [6.07, 6.45) is 0.221. The molecular formula is C20H27NO4. The number of hydrogen-bond acceptors (Lipinski definition) is 5. The van der Waals surface area contributed by atoms with Crippen LogP contribution in [-0.2, 0) is 6.42 Å². The Morgan fingerprint density at radius 3 is 2.60 bits per heavy atom. The zero-order valence-corrected chi connectivity index (χ0v) is 15.1. The molecule has 0 radical (unpaired) electrons. The molecule has 0 aliphatic rings. The Morgan fingerprint density at radius 1 is 1.04 bits per heavy atom. The highest BCUT2D eigenvalue weighted by molar-refractivity contribution is 5.40. The number of aryl methyl sites for hydroxylation is 1. The van der Waals surface area contributed by atoms with Crippen LogP contribution in [0.5, 0.6) is 17.2 Å². The molecule has 2 N–H and O–H groups in total. The summed E-state index contributed by atoms with van der Waals surface area (Å²) in [5.74, 6) is 2.42. The predicted octanol–water partition coefficient (Wildman–Crippen LogP) is 2.58. The maximum atomic E-state index is 10.0. The average Bonchev–Trinajstić information content (AvgIpc) is 2.63. The Balaban J connectivity index is 1.72. The van der Waals surface area contributed by atoms with Gasteiger partial charge in [0, 0.05) is 6.54 Å². The fourth-order valence-electron chi connectivity index (χ4n) is 2.53. The third-order valence-electron chi connectivity index (χ3n) is 3.87. The van der Waals surface area contributed by atoms with E-state index in [1.165, 1.54) is 0 Å². The molecule has 0 spiro atoms. The summed E-state index contributed by atoms with van der Waals surface area (Å²) in [4.78, 5) is 0. The van der Waals surface area contributed by atoms with Crippen LogP contribution in [0.2, 0.25) is 0 Å². The molecule has 1 atom stereocenters. The van der Waals surface area contributed by atoms with Gasteiger partial charge in [0.25, 0.3) is 0 Å². The van der Waals surface area contributed by atoms with E-state index in [1.807, 2.05) is 49.4 Å². The molecule has 136 valence electrons. The van der Waals surface area contributed by atoms with Crippen molar-refractivity contribution in [3.05, 3.63) is 53.6 Å². The van der Waals surface area contributed by atoms with Gasteiger partial charge in [-0.2, -0.15) is 0 Å². The maximum Gasteiger partial charge on any atom is 0.122 e. The molecule has 5 nitrogen and oxygen atoms in total. The summed E-state index contributed by atoms with van der Waals surface area (Å²) in [5.41, 5.74) is 2.21. The van der Waals surface area contributed by atoms with Gasteiger partial charge in [-0.25, -0.2) is 0 Å². The van der Waals surface area contributed by atoms with E-state index in [9.17, 15) is 5.11 Å². The molecule has 2 aromatic carbocycles. The standard InChI is InChI=1S/C20H27NO4/c1-15-5-4-6-19(11-15)25-14-17(22)13-21-10-9-16-12-18(23-2)7-8-20(16)24-3/h4-8,11-12,17,21-22H,9-10,13-14H2,1-3H3/t17-/m0/s1. The van der Waals surface area contributed by atoms with Gasteiger partial charge in [-0.1, -0.05) is 12.1 Å². The van der Waals surface area contributed by atoms with Gasteiger partial charge in [0.05, 0.1) is 14.2 Å². The summed E-state index contributed by atoms with van der Waals surface area (Å²) >= 11 is 0. The van der Waals surface area contributed by atoms with Crippen LogP contribution >= 0.6 is 0 Å². The van der Waals surface area contributed by atoms with Crippen LogP contribution in [0.4, 0.5) is 0 Å². The number of aliphatic hydroxyl groups is 1. The number of nitrogens with one attached hydrogen (secondary N) is 1. The Bertz CT molecular complexity index is 660. The molecule has 0 aliphatic carbocycles. The molecule has 0 aromatic heterocycles. The van der Waals surface area contributed by atoms with Crippen molar-refractivity contribution < 1.29 is 19.3 Å².